The van der Waals surface area contributed by atoms with E-state index in [9.17, 15) is 9.59 Å². The van der Waals surface area contributed by atoms with Crippen LogP contribution in [0.25, 0.3) is 0 Å². The topological polar surface area (TPSA) is 213 Å². The number of carbonyl (C=O) groups is 2. The molecule has 0 aromatic carbocycles. The highest BCUT2D eigenvalue weighted by molar-refractivity contribution is 7.15. The van der Waals surface area contributed by atoms with Crippen LogP contribution in [0, 0.1) is 0 Å². The number of aromatic nitrogens is 2. The van der Waals surface area contributed by atoms with Gasteiger partial charge in [0.2, 0.25) is 11.8 Å². The fraction of sp³-hybridized carbons (Fsp3) is 0.667. The summed E-state index contributed by atoms with van der Waals surface area (Å²) in [7, 11) is 0. The van der Waals surface area contributed by atoms with Gasteiger partial charge >= 0.3 is 0 Å². The fourth-order valence-corrected chi connectivity index (χ4v) is 6.06. The number of thiazole rings is 2. The Morgan fingerprint density at radius 2 is 0.932 bits per heavy atom. The van der Waals surface area contributed by atoms with Crippen molar-refractivity contribution in [3.63, 3.8) is 0 Å². The first-order valence-corrected chi connectivity index (χ1v) is 17.5. The number of aliphatic imine (C=N–C) groups is 2. The van der Waals surface area contributed by atoms with E-state index in [1.165, 1.54) is 61.2 Å². The van der Waals surface area contributed by atoms with E-state index in [1.807, 2.05) is 0 Å². The summed E-state index contributed by atoms with van der Waals surface area (Å²) in [5.74, 6) is 0.247. The number of unbranched alkanes of at least 4 members (excludes halogenated alkanes) is 11. The van der Waals surface area contributed by atoms with Gasteiger partial charge in [0, 0.05) is 48.1 Å². The largest absolute Gasteiger partial charge is 0.375 e. The number of hydrogen-bond acceptors (Lipinski definition) is 10. The second-order valence-corrected chi connectivity index (χ2v) is 13.2. The van der Waals surface area contributed by atoms with Gasteiger partial charge in [-0.05, 0) is 38.5 Å². The first kappa shape index (κ1) is 36.9. The predicted octanol–water partition coefficient (Wildman–Crippen LogP) is 4.65. The van der Waals surface area contributed by atoms with Crippen LogP contribution in [0.15, 0.2) is 22.4 Å². The molecule has 0 saturated carbocycles. The summed E-state index contributed by atoms with van der Waals surface area (Å²) >= 11 is 2.96. The van der Waals surface area contributed by atoms with Crippen LogP contribution in [-0.2, 0) is 22.4 Å². The molecule has 10 N–H and O–H groups in total. The Balaban J connectivity index is 1.31. The van der Waals surface area contributed by atoms with Crippen LogP contribution in [0.4, 0.5) is 10.3 Å². The summed E-state index contributed by atoms with van der Waals surface area (Å²) in [5, 5.41) is 6.51. The van der Waals surface area contributed by atoms with E-state index in [2.05, 4.69) is 30.6 Å². The van der Waals surface area contributed by atoms with Gasteiger partial charge in [0.25, 0.3) is 0 Å². The van der Waals surface area contributed by atoms with Gasteiger partial charge in [-0.25, -0.2) is 9.97 Å². The van der Waals surface area contributed by atoms with E-state index >= 15 is 0 Å². The highest BCUT2D eigenvalue weighted by Crippen LogP contribution is 2.17. The summed E-state index contributed by atoms with van der Waals surface area (Å²) in [4.78, 5) is 42.8. The zero-order valence-corrected chi connectivity index (χ0v) is 27.7. The summed E-state index contributed by atoms with van der Waals surface area (Å²) in [6.45, 7) is 1.12. The van der Waals surface area contributed by atoms with Gasteiger partial charge in [0.1, 0.15) is 0 Å². The first-order chi connectivity index (χ1) is 21.3. The number of nitrogens with one attached hydrogen (secondary N) is 2. The van der Waals surface area contributed by atoms with Crippen molar-refractivity contribution in [3.05, 3.63) is 22.1 Å². The van der Waals surface area contributed by atoms with Gasteiger partial charge in [0.15, 0.2) is 22.2 Å². The highest BCUT2D eigenvalue weighted by Gasteiger charge is 2.05. The third-order valence-electron chi connectivity index (χ3n) is 6.96. The molecule has 14 heteroatoms. The minimum Gasteiger partial charge on any atom is -0.375 e. The first-order valence-electron chi connectivity index (χ1n) is 15.9. The van der Waals surface area contributed by atoms with Crippen molar-refractivity contribution in [2.45, 2.75) is 116 Å². The minimum absolute atomic E-state index is 0.0683. The number of guanidine groups is 2. The van der Waals surface area contributed by atoms with E-state index in [1.54, 1.807) is 12.4 Å². The Morgan fingerprint density at radius 1 is 0.591 bits per heavy atom. The molecule has 0 saturated heterocycles. The molecule has 0 atom stereocenters. The van der Waals surface area contributed by atoms with Crippen molar-refractivity contribution in [1.82, 2.24) is 20.6 Å². The van der Waals surface area contributed by atoms with E-state index in [0.29, 0.717) is 36.2 Å². The molecule has 246 valence electrons. The van der Waals surface area contributed by atoms with E-state index < -0.39 is 0 Å². The Bertz CT molecular complexity index is 1060. The molecule has 0 unspecified atom stereocenters. The normalized spacial score (nSPS) is 12.0. The van der Waals surface area contributed by atoms with E-state index in [4.69, 9.17) is 22.9 Å². The lowest BCUT2D eigenvalue weighted by atomic mass is 10.0. The quantitative estimate of drug-likeness (QED) is 0.0565. The van der Waals surface area contributed by atoms with Crippen LogP contribution >= 0.6 is 22.7 Å². The third kappa shape index (κ3) is 19.1. The maximum Gasteiger partial charge on any atom is 0.226 e. The zero-order valence-electron chi connectivity index (χ0n) is 26.0. The maximum absolute atomic E-state index is 12.0. The molecule has 44 heavy (non-hydrogen) atoms. The number of nitrogens with zero attached hydrogens (tertiary/aromatic N) is 4. The second-order valence-electron chi connectivity index (χ2n) is 10.9. The summed E-state index contributed by atoms with van der Waals surface area (Å²) in [6.07, 6.45) is 21.4. The number of hydrogen-bond donors (Lipinski definition) is 6. The van der Waals surface area contributed by atoms with Crippen molar-refractivity contribution in [2.75, 3.05) is 24.6 Å². The van der Waals surface area contributed by atoms with Crippen LogP contribution < -0.4 is 33.6 Å². The Hall–Kier alpha value is -3.26. The van der Waals surface area contributed by atoms with Gasteiger partial charge in [-0.2, -0.15) is 0 Å². The standard InChI is InChI=1S/C30H52N10O2S2/c31-27(35-19-13-15-23-21-37-29(33)43-23)39-25(41)17-11-9-7-5-3-1-2-4-6-8-10-12-18-26(42)40-28(32)36-20-14-16-24-22-38-30(34)44-24/h21-22H,1-20H2,(H2,33,37)(H2,34,38)(H3,31,35,39,41)(H3,32,36,40,42). The molecule has 2 aromatic heterocycles. The molecule has 0 aliphatic rings. The molecule has 0 radical (unpaired) electrons. The van der Waals surface area contributed by atoms with Crippen LogP contribution in [-0.4, -0.2) is 46.8 Å². The van der Waals surface area contributed by atoms with Crippen LogP contribution in [0.1, 0.15) is 112 Å². The average Bonchev–Trinajstić information content (AvgIpc) is 3.60. The molecular weight excluding hydrogens is 597 g/mol. The number of nitrogen functional groups attached to an aromatic ring is 2. The molecule has 2 amide bonds. The van der Waals surface area contributed by atoms with Crippen molar-refractivity contribution < 1.29 is 9.59 Å². The Kier molecular flexibility index (Phi) is 19.4. The number of nitrogens with two attached hydrogens (primary N) is 4. The third-order valence-corrected chi connectivity index (χ3v) is 8.73. The Labute approximate surface area is 270 Å². The lowest BCUT2D eigenvalue weighted by Crippen LogP contribution is -2.36. The smallest absolute Gasteiger partial charge is 0.226 e. The van der Waals surface area contributed by atoms with E-state index in [0.717, 1.165) is 74.0 Å². The Morgan fingerprint density at radius 3 is 1.25 bits per heavy atom. The van der Waals surface area contributed by atoms with Crippen molar-refractivity contribution in [2.24, 2.45) is 21.5 Å². The average molecular weight is 649 g/mol. The number of carbonyl (C=O) groups excluding carboxylic acids is 2. The highest BCUT2D eigenvalue weighted by atomic mass is 32.1. The molecule has 0 spiro atoms. The minimum atomic E-state index is -0.0683. The van der Waals surface area contributed by atoms with Gasteiger partial charge in [0.05, 0.1) is 0 Å². The van der Waals surface area contributed by atoms with Gasteiger partial charge in [-0.3, -0.25) is 30.2 Å². The summed E-state index contributed by atoms with van der Waals surface area (Å²) in [6, 6.07) is 0. The second kappa shape index (κ2) is 23.2. The molecule has 12 nitrogen and oxygen atoms in total. The number of anilines is 2. The summed E-state index contributed by atoms with van der Waals surface area (Å²) < 4.78 is 0. The van der Waals surface area contributed by atoms with Gasteiger partial charge in [-0.15, -0.1) is 22.7 Å². The lowest BCUT2D eigenvalue weighted by Gasteiger charge is -2.06. The lowest BCUT2D eigenvalue weighted by molar-refractivity contribution is -0.120. The molecule has 0 aliphatic carbocycles. The molecule has 2 heterocycles. The maximum atomic E-state index is 12.0. The molecule has 0 aliphatic heterocycles. The van der Waals surface area contributed by atoms with Gasteiger partial charge < -0.3 is 22.9 Å². The number of aryl methyl sites for hydroxylation is 2. The molecule has 2 rings (SSSR count). The molecular formula is C30H52N10O2S2. The molecule has 2 aromatic rings. The summed E-state index contributed by atoms with van der Waals surface area (Å²) in [5.41, 5.74) is 22.9. The predicted molar refractivity (Wildman–Crippen MR) is 184 cm³/mol. The molecule has 0 fully saturated rings. The van der Waals surface area contributed by atoms with Crippen LogP contribution in [0.3, 0.4) is 0 Å². The van der Waals surface area contributed by atoms with Crippen molar-refractivity contribution in [3.8, 4) is 0 Å². The number of rotatable bonds is 23. The molecule has 0 bridgehead atoms. The van der Waals surface area contributed by atoms with Crippen LogP contribution in [0.5, 0.6) is 0 Å². The zero-order chi connectivity index (χ0) is 31.8. The number of amides is 2. The van der Waals surface area contributed by atoms with Crippen molar-refractivity contribution >= 4 is 56.7 Å². The van der Waals surface area contributed by atoms with Crippen molar-refractivity contribution in [1.29, 1.82) is 0 Å². The van der Waals surface area contributed by atoms with Gasteiger partial charge in [-0.1, -0.05) is 64.2 Å². The fourth-order valence-electron chi connectivity index (χ4n) is 4.61. The van der Waals surface area contributed by atoms with E-state index in [-0.39, 0.29) is 23.7 Å². The van der Waals surface area contributed by atoms with Crippen LogP contribution in [0.2, 0.25) is 0 Å². The monoisotopic (exact) mass is 648 g/mol. The SMILES string of the molecule is NC(=NCCCc1cnc(N)s1)NC(=O)CCCCCCCCCCCCCCC(=O)NC(N)=NCCCc1cnc(N)s1.